The number of carboxylic acid groups (broad SMARTS) is 1. The van der Waals surface area contributed by atoms with Crippen molar-refractivity contribution in [3.8, 4) is 11.9 Å². The van der Waals surface area contributed by atoms with Gasteiger partial charge in [-0.25, -0.2) is 29.5 Å². The number of aromatic carboxylic acids is 1. The van der Waals surface area contributed by atoms with Crippen molar-refractivity contribution in [1.82, 2.24) is 19.9 Å². The second-order valence-electron chi connectivity index (χ2n) is 6.27. The number of carbonyl (C=O) groups is 2. The van der Waals surface area contributed by atoms with E-state index < -0.39 is 12.0 Å². The fourth-order valence-electron chi connectivity index (χ4n) is 3.23. The van der Waals surface area contributed by atoms with Crippen LogP contribution in [0.2, 0.25) is 0 Å². The molecule has 30 heavy (non-hydrogen) atoms. The average molecular weight is 420 g/mol. The molecule has 2 N–H and O–H groups in total. The first-order valence-electron chi connectivity index (χ1n) is 8.71. The molecular formula is C19H12N6O4S. The molecule has 0 fully saturated rings. The molecule has 2 amide bonds. The van der Waals surface area contributed by atoms with Gasteiger partial charge in [0.05, 0.1) is 28.1 Å². The van der Waals surface area contributed by atoms with Gasteiger partial charge < -0.3 is 15.2 Å². The molecule has 5 rings (SSSR count). The van der Waals surface area contributed by atoms with Gasteiger partial charge in [0.15, 0.2) is 0 Å². The smallest absolute Gasteiger partial charge is 0.348 e. The van der Waals surface area contributed by atoms with Gasteiger partial charge in [0.2, 0.25) is 5.88 Å². The molecular weight excluding hydrogens is 408 g/mol. The Morgan fingerprint density at radius 3 is 2.67 bits per heavy atom. The average Bonchev–Trinajstić information content (AvgIpc) is 3.10. The van der Waals surface area contributed by atoms with Crippen LogP contribution in [0, 0.1) is 6.92 Å². The Hall–Kier alpha value is -4.12. The van der Waals surface area contributed by atoms with Crippen molar-refractivity contribution in [1.29, 1.82) is 0 Å². The maximum atomic E-state index is 12.9. The number of anilines is 3. The lowest BCUT2D eigenvalue weighted by atomic mass is 10.1. The number of hydrogen-bond acceptors (Lipinski definition) is 8. The molecule has 148 valence electrons. The van der Waals surface area contributed by atoms with E-state index in [1.165, 1.54) is 4.90 Å². The van der Waals surface area contributed by atoms with Crippen molar-refractivity contribution in [2.75, 3.05) is 10.2 Å². The number of ether oxygens (including phenoxy) is 1. The maximum absolute atomic E-state index is 12.9. The number of pyridine rings is 2. The van der Waals surface area contributed by atoms with Gasteiger partial charge >= 0.3 is 18.0 Å². The summed E-state index contributed by atoms with van der Waals surface area (Å²) in [6.45, 7) is 1.74. The van der Waals surface area contributed by atoms with E-state index in [4.69, 9.17) is 4.74 Å². The van der Waals surface area contributed by atoms with Gasteiger partial charge in [0, 0.05) is 24.7 Å². The Kier molecular flexibility index (Phi) is 4.03. The Balaban J connectivity index is 1.59. The van der Waals surface area contributed by atoms with Crippen LogP contribution in [0.3, 0.4) is 0 Å². The van der Waals surface area contributed by atoms with Gasteiger partial charge in [-0.15, -0.1) is 11.3 Å². The zero-order valence-electron chi connectivity index (χ0n) is 15.4. The molecule has 10 nitrogen and oxygen atoms in total. The fraction of sp³-hybridized carbons (Fsp3) is 0.0526. The largest absolute Gasteiger partial charge is 0.477 e. The third-order valence-electron chi connectivity index (χ3n) is 4.45. The number of nitrogens with zero attached hydrogens (tertiary/aromatic N) is 5. The van der Waals surface area contributed by atoms with Gasteiger partial charge in [-0.3, -0.25) is 4.90 Å². The zero-order valence-corrected chi connectivity index (χ0v) is 16.2. The number of thiophene rings is 1. The Morgan fingerprint density at radius 1 is 1.13 bits per heavy atom. The number of urea groups is 1. The van der Waals surface area contributed by atoms with Crippen LogP contribution in [-0.4, -0.2) is 37.0 Å². The van der Waals surface area contributed by atoms with E-state index in [2.05, 4.69) is 25.3 Å². The van der Waals surface area contributed by atoms with Crippen molar-refractivity contribution >= 4 is 50.6 Å². The molecule has 0 saturated heterocycles. The molecule has 0 aliphatic carbocycles. The number of aromatic nitrogens is 4. The fourth-order valence-corrected chi connectivity index (χ4v) is 4.19. The molecule has 0 aromatic carbocycles. The van der Waals surface area contributed by atoms with Crippen LogP contribution >= 0.6 is 11.3 Å². The molecule has 0 radical (unpaired) electrons. The molecule has 11 heteroatoms. The van der Waals surface area contributed by atoms with Crippen molar-refractivity contribution in [3.63, 3.8) is 0 Å². The first-order chi connectivity index (χ1) is 14.5. The van der Waals surface area contributed by atoms with Gasteiger partial charge in [-0.2, -0.15) is 0 Å². The van der Waals surface area contributed by atoms with E-state index in [9.17, 15) is 14.7 Å². The lowest BCUT2D eigenvalue weighted by molar-refractivity contribution is 0.0703. The topological polar surface area (TPSA) is 130 Å². The van der Waals surface area contributed by atoms with Crippen LogP contribution in [0.1, 0.15) is 15.4 Å². The summed E-state index contributed by atoms with van der Waals surface area (Å²) in [6.07, 6.45) is 4.66. The summed E-state index contributed by atoms with van der Waals surface area (Å²) in [5.41, 5.74) is 1.85. The standard InChI is InChI=1S/C19H12N6O4S/c1-9-10(3-4-12(23-9)29-18-21-6-2-7-22-18)25-11-5-8-20-16-13(11)14(24-19(25)28)15(30-16)17(26)27/h2-8H,1H3,(H,24,28)(H,26,27). The summed E-state index contributed by atoms with van der Waals surface area (Å²) >= 11 is 1.02. The van der Waals surface area contributed by atoms with Crippen molar-refractivity contribution < 1.29 is 19.4 Å². The highest BCUT2D eigenvalue weighted by molar-refractivity contribution is 7.21. The zero-order chi connectivity index (χ0) is 20.8. The van der Waals surface area contributed by atoms with E-state index in [0.29, 0.717) is 27.3 Å². The Labute approximate surface area is 172 Å². The third-order valence-corrected chi connectivity index (χ3v) is 5.54. The SMILES string of the molecule is Cc1nc(Oc2ncccn2)ccc1N1C(=O)Nc2c(C(=O)O)sc3nccc1c23. The van der Waals surface area contributed by atoms with E-state index in [-0.39, 0.29) is 22.5 Å². The number of amides is 2. The predicted molar refractivity (Wildman–Crippen MR) is 109 cm³/mol. The number of aryl methyl sites for hydroxylation is 1. The summed E-state index contributed by atoms with van der Waals surface area (Å²) in [5, 5.41) is 12.7. The minimum Gasteiger partial charge on any atom is -0.477 e. The van der Waals surface area contributed by atoms with Gasteiger partial charge in [0.25, 0.3) is 0 Å². The van der Waals surface area contributed by atoms with Gasteiger partial charge in [0.1, 0.15) is 9.71 Å². The van der Waals surface area contributed by atoms with Crippen LogP contribution in [0.25, 0.3) is 10.2 Å². The highest BCUT2D eigenvalue weighted by Crippen LogP contribution is 2.46. The predicted octanol–water partition coefficient (Wildman–Crippen LogP) is 3.96. The van der Waals surface area contributed by atoms with E-state index in [1.54, 1.807) is 49.8 Å². The number of hydrogen-bond donors (Lipinski definition) is 2. The monoisotopic (exact) mass is 420 g/mol. The molecule has 0 saturated carbocycles. The van der Waals surface area contributed by atoms with E-state index >= 15 is 0 Å². The molecule has 5 heterocycles. The molecule has 1 aliphatic rings. The highest BCUT2D eigenvalue weighted by atomic mass is 32.1. The van der Waals surface area contributed by atoms with Gasteiger partial charge in [-0.05, 0) is 25.1 Å². The minimum atomic E-state index is -1.12. The molecule has 4 aromatic rings. The Morgan fingerprint density at radius 2 is 1.93 bits per heavy atom. The third kappa shape index (κ3) is 2.79. The maximum Gasteiger partial charge on any atom is 0.348 e. The van der Waals surface area contributed by atoms with Crippen LogP contribution < -0.4 is 15.0 Å². The lowest BCUT2D eigenvalue weighted by Gasteiger charge is -2.29. The van der Waals surface area contributed by atoms with Crippen LogP contribution in [0.15, 0.2) is 42.9 Å². The second-order valence-corrected chi connectivity index (χ2v) is 7.27. The molecule has 0 spiro atoms. The first-order valence-corrected chi connectivity index (χ1v) is 9.53. The van der Waals surface area contributed by atoms with Crippen molar-refractivity contribution in [3.05, 3.63) is 53.4 Å². The van der Waals surface area contributed by atoms with Gasteiger partial charge in [-0.1, -0.05) is 0 Å². The van der Waals surface area contributed by atoms with E-state index in [0.717, 1.165) is 11.3 Å². The van der Waals surface area contributed by atoms with Crippen molar-refractivity contribution in [2.45, 2.75) is 6.92 Å². The summed E-state index contributed by atoms with van der Waals surface area (Å²) in [4.78, 5) is 43.1. The summed E-state index contributed by atoms with van der Waals surface area (Å²) in [6, 6.07) is 6.32. The summed E-state index contributed by atoms with van der Waals surface area (Å²) in [7, 11) is 0. The highest BCUT2D eigenvalue weighted by Gasteiger charge is 2.33. The molecule has 4 aromatic heterocycles. The number of nitrogens with one attached hydrogen (secondary N) is 1. The minimum absolute atomic E-state index is 0.0411. The quantitative estimate of drug-likeness (QED) is 0.507. The molecule has 0 bridgehead atoms. The van der Waals surface area contributed by atoms with Crippen LogP contribution in [-0.2, 0) is 0 Å². The normalized spacial score (nSPS) is 12.7. The summed E-state index contributed by atoms with van der Waals surface area (Å²) in [5.74, 6) is -0.834. The van der Waals surface area contributed by atoms with Crippen LogP contribution in [0.5, 0.6) is 11.9 Å². The van der Waals surface area contributed by atoms with Crippen LogP contribution in [0.4, 0.5) is 21.9 Å². The molecule has 1 aliphatic heterocycles. The number of carboxylic acids is 1. The number of carbonyl (C=O) groups excluding carboxylic acids is 1. The summed E-state index contributed by atoms with van der Waals surface area (Å²) < 4.78 is 5.55. The Bertz CT molecular complexity index is 1320. The molecule has 0 unspecified atom stereocenters. The van der Waals surface area contributed by atoms with E-state index in [1.807, 2.05) is 0 Å². The molecule has 0 atom stereocenters. The number of rotatable bonds is 4. The first kappa shape index (κ1) is 17.9. The van der Waals surface area contributed by atoms with Crippen molar-refractivity contribution in [2.24, 2.45) is 0 Å². The lowest BCUT2D eigenvalue weighted by Crippen LogP contribution is -2.34. The second kappa shape index (κ2) is 6.74.